The second kappa shape index (κ2) is 7.16. The molecule has 0 saturated heterocycles. The molecule has 0 radical (unpaired) electrons. The van der Waals surface area contributed by atoms with E-state index in [0.717, 1.165) is 11.1 Å². The van der Waals surface area contributed by atoms with Crippen LogP contribution >= 0.6 is 11.6 Å². The van der Waals surface area contributed by atoms with Gasteiger partial charge in [-0.25, -0.2) is 4.79 Å². The van der Waals surface area contributed by atoms with Crippen LogP contribution in [0.2, 0.25) is 5.02 Å². The summed E-state index contributed by atoms with van der Waals surface area (Å²) in [6.07, 6.45) is 0. The van der Waals surface area contributed by atoms with Crippen molar-refractivity contribution in [2.45, 2.75) is 26.1 Å². The molecule has 0 amide bonds. The van der Waals surface area contributed by atoms with Crippen LogP contribution in [0.5, 0.6) is 0 Å². The molecule has 1 unspecified atom stereocenters. The number of Topliss-reactive ketones (excluding diaryl/α,β-unsaturated/α-hetero) is 1. The number of rotatable bonds is 4. The standard InChI is InChI=1S/C19H18ClNO3/c1-2-24-19(23)17-18(22)16-10-15(20)9-8-14(16)12-21(17)11-13-6-4-3-5-7-13/h3-10,17H,2,11-12H2,1H3. The van der Waals surface area contributed by atoms with Crippen LogP contribution in [0, 0.1) is 0 Å². The summed E-state index contributed by atoms with van der Waals surface area (Å²) >= 11 is 6.01. The molecule has 1 aliphatic heterocycles. The number of ketones is 1. The summed E-state index contributed by atoms with van der Waals surface area (Å²) in [5, 5.41) is 0.487. The number of benzene rings is 2. The van der Waals surface area contributed by atoms with Gasteiger partial charge in [-0.2, -0.15) is 0 Å². The summed E-state index contributed by atoms with van der Waals surface area (Å²) in [6.45, 7) is 2.97. The number of nitrogens with zero attached hydrogens (tertiary/aromatic N) is 1. The minimum atomic E-state index is -0.934. The summed E-state index contributed by atoms with van der Waals surface area (Å²) in [4.78, 5) is 27.1. The molecule has 0 fully saturated rings. The summed E-state index contributed by atoms with van der Waals surface area (Å²) < 4.78 is 5.13. The molecule has 0 N–H and O–H groups in total. The Hall–Kier alpha value is -2.17. The van der Waals surface area contributed by atoms with Crippen LogP contribution in [0.3, 0.4) is 0 Å². The predicted octanol–water partition coefficient (Wildman–Crippen LogP) is 3.47. The van der Waals surface area contributed by atoms with Gasteiger partial charge in [0.05, 0.1) is 6.61 Å². The molecule has 0 aliphatic carbocycles. The van der Waals surface area contributed by atoms with Gasteiger partial charge in [-0.3, -0.25) is 9.69 Å². The van der Waals surface area contributed by atoms with E-state index in [1.165, 1.54) is 0 Å². The average Bonchev–Trinajstić information content (AvgIpc) is 2.57. The molecule has 5 heteroatoms. The van der Waals surface area contributed by atoms with Gasteiger partial charge in [-0.05, 0) is 30.2 Å². The highest BCUT2D eigenvalue weighted by Crippen LogP contribution is 2.28. The predicted molar refractivity (Wildman–Crippen MR) is 91.9 cm³/mol. The number of hydrogen-bond acceptors (Lipinski definition) is 4. The van der Waals surface area contributed by atoms with Crippen LogP contribution in [-0.4, -0.2) is 29.3 Å². The van der Waals surface area contributed by atoms with E-state index >= 15 is 0 Å². The minimum Gasteiger partial charge on any atom is -0.464 e. The molecule has 2 aromatic rings. The molecule has 1 heterocycles. The van der Waals surface area contributed by atoms with Crippen molar-refractivity contribution in [1.82, 2.24) is 4.90 Å². The van der Waals surface area contributed by atoms with E-state index < -0.39 is 12.0 Å². The van der Waals surface area contributed by atoms with Crippen LogP contribution < -0.4 is 0 Å². The Morgan fingerprint density at radius 2 is 2.00 bits per heavy atom. The Bertz CT molecular complexity index is 760. The fraction of sp³-hybridized carbons (Fsp3) is 0.263. The fourth-order valence-corrected chi connectivity index (χ4v) is 3.15. The summed E-state index contributed by atoms with van der Waals surface area (Å²) in [7, 11) is 0. The van der Waals surface area contributed by atoms with Crippen molar-refractivity contribution in [2.75, 3.05) is 6.61 Å². The first-order chi connectivity index (χ1) is 11.6. The molecular formula is C19H18ClNO3. The van der Waals surface area contributed by atoms with Crippen LogP contribution in [0.1, 0.15) is 28.4 Å². The number of carbonyl (C=O) groups excluding carboxylic acids is 2. The molecule has 1 aliphatic rings. The summed E-state index contributed by atoms with van der Waals surface area (Å²) in [6, 6.07) is 14.1. The Morgan fingerprint density at radius 3 is 2.71 bits per heavy atom. The quantitative estimate of drug-likeness (QED) is 0.630. The van der Waals surface area contributed by atoms with E-state index in [0.29, 0.717) is 23.7 Å². The fourth-order valence-electron chi connectivity index (χ4n) is 2.98. The highest BCUT2D eigenvalue weighted by atomic mass is 35.5. The lowest BCUT2D eigenvalue weighted by molar-refractivity contribution is -0.148. The summed E-state index contributed by atoms with van der Waals surface area (Å²) in [5.41, 5.74) is 2.42. The van der Waals surface area contributed by atoms with Crippen molar-refractivity contribution in [3.8, 4) is 0 Å². The summed E-state index contributed by atoms with van der Waals surface area (Å²) in [5.74, 6) is -0.766. The van der Waals surface area contributed by atoms with Crippen LogP contribution in [0.15, 0.2) is 48.5 Å². The molecule has 24 heavy (non-hydrogen) atoms. The lowest BCUT2D eigenvalue weighted by Crippen LogP contribution is -2.50. The lowest BCUT2D eigenvalue weighted by atomic mass is 9.92. The Labute approximate surface area is 146 Å². The third kappa shape index (κ3) is 3.35. The van der Waals surface area contributed by atoms with Crippen molar-refractivity contribution in [3.05, 3.63) is 70.2 Å². The van der Waals surface area contributed by atoms with E-state index in [2.05, 4.69) is 0 Å². The van der Waals surface area contributed by atoms with E-state index in [1.54, 1.807) is 19.1 Å². The van der Waals surface area contributed by atoms with E-state index in [4.69, 9.17) is 16.3 Å². The Balaban J connectivity index is 1.96. The highest BCUT2D eigenvalue weighted by molar-refractivity contribution is 6.31. The number of fused-ring (bicyclic) bond motifs is 1. The van der Waals surface area contributed by atoms with E-state index in [1.807, 2.05) is 41.3 Å². The maximum atomic E-state index is 12.9. The van der Waals surface area contributed by atoms with E-state index in [9.17, 15) is 9.59 Å². The van der Waals surface area contributed by atoms with Gasteiger partial charge in [0, 0.05) is 23.7 Å². The average molecular weight is 344 g/mol. The van der Waals surface area contributed by atoms with Gasteiger partial charge in [0.15, 0.2) is 11.8 Å². The van der Waals surface area contributed by atoms with Gasteiger partial charge in [0.2, 0.25) is 0 Å². The molecule has 3 rings (SSSR count). The third-order valence-corrected chi connectivity index (χ3v) is 4.30. The number of halogens is 1. The van der Waals surface area contributed by atoms with Crippen molar-refractivity contribution in [3.63, 3.8) is 0 Å². The maximum Gasteiger partial charge on any atom is 0.331 e. The van der Waals surface area contributed by atoms with Crippen molar-refractivity contribution in [1.29, 1.82) is 0 Å². The first-order valence-electron chi connectivity index (χ1n) is 7.87. The molecule has 0 bridgehead atoms. The van der Waals surface area contributed by atoms with Crippen LogP contribution in [-0.2, 0) is 22.6 Å². The largest absolute Gasteiger partial charge is 0.464 e. The van der Waals surface area contributed by atoms with Crippen LogP contribution in [0.25, 0.3) is 0 Å². The second-order valence-corrected chi connectivity index (χ2v) is 6.15. The molecule has 0 saturated carbocycles. The van der Waals surface area contributed by atoms with Gasteiger partial charge in [0.25, 0.3) is 0 Å². The number of hydrogen-bond donors (Lipinski definition) is 0. The number of ether oxygens (including phenoxy) is 1. The molecular weight excluding hydrogens is 326 g/mol. The Kier molecular flexibility index (Phi) is 4.97. The zero-order chi connectivity index (χ0) is 17.1. The van der Waals surface area contributed by atoms with Gasteiger partial charge < -0.3 is 4.74 Å². The van der Waals surface area contributed by atoms with Gasteiger partial charge in [-0.15, -0.1) is 0 Å². The zero-order valence-corrected chi connectivity index (χ0v) is 14.1. The molecule has 0 aromatic heterocycles. The van der Waals surface area contributed by atoms with Crippen LogP contribution in [0.4, 0.5) is 0 Å². The monoisotopic (exact) mass is 343 g/mol. The maximum absolute atomic E-state index is 12.9. The Morgan fingerprint density at radius 1 is 1.25 bits per heavy atom. The number of esters is 1. The molecule has 0 spiro atoms. The highest BCUT2D eigenvalue weighted by Gasteiger charge is 2.39. The van der Waals surface area contributed by atoms with Crippen molar-refractivity contribution >= 4 is 23.4 Å². The first-order valence-corrected chi connectivity index (χ1v) is 8.25. The molecule has 124 valence electrons. The second-order valence-electron chi connectivity index (χ2n) is 5.71. The zero-order valence-electron chi connectivity index (χ0n) is 13.4. The minimum absolute atomic E-state index is 0.240. The first kappa shape index (κ1) is 16.7. The van der Waals surface area contributed by atoms with Crippen molar-refractivity contribution < 1.29 is 14.3 Å². The molecule has 4 nitrogen and oxygen atoms in total. The van der Waals surface area contributed by atoms with Gasteiger partial charge >= 0.3 is 5.97 Å². The topological polar surface area (TPSA) is 46.6 Å². The van der Waals surface area contributed by atoms with Gasteiger partial charge in [-0.1, -0.05) is 48.0 Å². The number of carbonyl (C=O) groups is 2. The normalized spacial score (nSPS) is 17.4. The smallest absolute Gasteiger partial charge is 0.331 e. The van der Waals surface area contributed by atoms with Gasteiger partial charge in [0.1, 0.15) is 0 Å². The molecule has 2 aromatic carbocycles. The van der Waals surface area contributed by atoms with Crippen molar-refractivity contribution in [2.24, 2.45) is 0 Å². The molecule has 1 atom stereocenters. The van der Waals surface area contributed by atoms with E-state index in [-0.39, 0.29) is 12.4 Å². The SMILES string of the molecule is CCOC(=O)C1C(=O)c2cc(Cl)ccc2CN1Cc1ccccc1. The third-order valence-electron chi connectivity index (χ3n) is 4.06. The lowest BCUT2D eigenvalue weighted by Gasteiger charge is -2.34.